The van der Waals surface area contributed by atoms with Gasteiger partial charge in [0, 0.05) is 25.2 Å². The van der Waals surface area contributed by atoms with Crippen LogP contribution in [0.1, 0.15) is 16.8 Å². The van der Waals surface area contributed by atoms with Crippen LogP contribution in [0.3, 0.4) is 0 Å². The third-order valence-corrected chi connectivity index (χ3v) is 3.31. The number of nitrogen functional groups attached to an aromatic ring is 1. The molecule has 1 saturated heterocycles. The number of nitrogens with two attached hydrogens (primary N) is 1. The maximum Gasteiger partial charge on any atom is 0.251 e. The highest BCUT2D eigenvalue weighted by Gasteiger charge is 2.10. The van der Waals surface area contributed by atoms with Crippen LogP contribution in [0.25, 0.3) is 0 Å². The number of morpholine rings is 1. The Balaban J connectivity index is 1.71. The molecular formula is C13H19ClN4O2. The fraction of sp³-hybridized carbons (Fsp3) is 0.538. The van der Waals surface area contributed by atoms with E-state index in [1.165, 1.54) is 12.1 Å². The molecule has 0 saturated carbocycles. The SMILES string of the molecule is Nc1cc(C(=O)NCCCN2CCOCC2)cc(Cl)n1. The highest BCUT2D eigenvalue weighted by Crippen LogP contribution is 2.11. The second kappa shape index (κ2) is 7.42. The number of rotatable bonds is 5. The van der Waals surface area contributed by atoms with Gasteiger partial charge in [-0.25, -0.2) is 4.98 Å². The smallest absolute Gasteiger partial charge is 0.251 e. The zero-order valence-corrected chi connectivity index (χ0v) is 12.0. The Labute approximate surface area is 123 Å². The summed E-state index contributed by atoms with van der Waals surface area (Å²) in [7, 11) is 0. The van der Waals surface area contributed by atoms with Crippen molar-refractivity contribution in [3.8, 4) is 0 Å². The van der Waals surface area contributed by atoms with Gasteiger partial charge in [-0.1, -0.05) is 11.6 Å². The molecule has 0 unspecified atom stereocenters. The predicted octanol–water partition coefficient (Wildman–Crippen LogP) is 0.769. The van der Waals surface area contributed by atoms with Gasteiger partial charge in [-0.3, -0.25) is 9.69 Å². The van der Waals surface area contributed by atoms with Crippen molar-refractivity contribution in [2.45, 2.75) is 6.42 Å². The molecule has 0 aliphatic carbocycles. The molecular weight excluding hydrogens is 280 g/mol. The van der Waals surface area contributed by atoms with E-state index in [1.54, 1.807) is 0 Å². The van der Waals surface area contributed by atoms with Crippen molar-refractivity contribution in [2.24, 2.45) is 0 Å². The number of nitrogens with one attached hydrogen (secondary N) is 1. The lowest BCUT2D eigenvalue weighted by Crippen LogP contribution is -2.38. The number of pyridine rings is 1. The highest BCUT2D eigenvalue weighted by molar-refractivity contribution is 6.29. The summed E-state index contributed by atoms with van der Waals surface area (Å²) in [5, 5.41) is 3.08. The van der Waals surface area contributed by atoms with Crippen LogP contribution < -0.4 is 11.1 Å². The van der Waals surface area contributed by atoms with Crippen LogP contribution in [0.5, 0.6) is 0 Å². The quantitative estimate of drug-likeness (QED) is 0.620. The number of amides is 1. The standard InChI is InChI=1S/C13H19ClN4O2/c14-11-8-10(9-12(15)17-11)13(19)16-2-1-3-18-4-6-20-7-5-18/h8-9H,1-7H2,(H2,15,17)(H,16,19). The molecule has 0 aromatic carbocycles. The molecule has 0 spiro atoms. The number of halogens is 1. The summed E-state index contributed by atoms with van der Waals surface area (Å²) in [6.07, 6.45) is 0.903. The first kappa shape index (κ1) is 15.0. The normalized spacial score (nSPS) is 16.1. The number of hydrogen-bond acceptors (Lipinski definition) is 5. The Morgan fingerprint density at radius 1 is 1.45 bits per heavy atom. The number of anilines is 1. The lowest BCUT2D eigenvalue weighted by Gasteiger charge is -2.26. The van der Waals surface area contributed by atoms with Gasteiger partial charge in [-0.2, -0.15) is 0 Å². The lowest BCUT2D eigenvalue weighted by molar-refractivity contribution is 0.0374. The Morgan fingerprint density at radius 3 is 2.90 bits per heavy atom. The van der Waals surface area contributed by atoms with Crippen molar-refractivity contribution in [1.82, 2.24) is 15.2 Å². The first-order valence-corrected chi connectivity index (χ1v) is 7.04. The van der Waals surface area contributed by atoms with Gasteiger partial charge in [-0.05, 0) is 25.1 Å². The first-order valence-electron chi connectivity index (χ1n) is 6.66. The number of ether oxygens (including phenoxy) is 1. The summed E-state index contributed by atoms with van der Waals surface area (Å²) >= 11 is 5.77. The average Bonchev–Trinajstić information content (AvgIpc) is 2.43. The van der Waals surface area contributed by atoms with Gasteiger partial charge >= 0.3 is 0 Å². The molecule has 7 heteroatoms. The lowest BCUT2D eigenvalue weighted by atomic mass is 10.2. The Hall–Kier alpha value is -1.37. The van der Waals surface area contributed by atoms with E-state index in [1.807, 2.05) is 0 Å². The highest BCUT2D eigenvalue weighted by atomic mass is 35.5. The molecule has 0 atom stereocenters. The van der Waals surface area contributed by atoms with Crippen molar-refractivity contribution in [2.75, 3.05) is 45.1 Å². The second-order valence-corrected chi connectivity index (χ2v) is 5.05. The minimum absolute atomic E-state index is 0.178. The molecule has 0 bridgehead atoms. The zero-order chi connectivity index (χ0) is 14.4. The van der Waals surface area contributed by atoms with E-state index in [9.17, 15) is 4.79 Å². The fourth-order valence-corrected chi connectivity index (χ4v) is 2.29. The van der Waals surface area contributed by atoms with Crippen molar-refractivity contribution in [3.63, 3.8) is 0 Å². The molecule has 1 aromatic rings. The van der Waals surface area contributed by atoms with E-state index in [0.29, 0.717) is 12.1 Å². The zero-order valence-electron chi connectivity index (χ0n) is 11.3. The van der Waals surface area contributed by atoms with E-state index >= 15 is 0 Å². The molecule has 2 rings (SSSR count). The maximum absolute atomic E-state index is 11.9. The molecule has 1 aromatic heterocycles. The summed E-state index contributed by atoms with van der Waals surface area (Å²) < 4.78 is 5.28. The van der Waals surface area contributed by atoms with Crippen LogP contribution in [0.4, 0.5) is 5.82 Å². The largest absolute Gasteiger partial charge is 0.384 e. The van der Waals surface area contributed by atoms with Crippen LogP contribution >= 0.6 is 11.6 Å². The van der Waals surface area contributed by atoms with Crippen molar-refractivity contribution < 1.29 is 9.53 Å². The second-order valence-electron chi connectivity index (χ2n) is 4.67. The van der Waals surface area contributed by atoms with E-state index in [4.69, 9.17) is 22.1 Å². The molecule has 1 fully saturated rings. The van der Waals surface area contributed by atoms with Gasteiger partial charge in [-0.15, -0.1) is 0 Å². The van der Waals surface area contributed by atoms with Crippen LogP contribution in [0, 0.1) is 0 Å². The van der Waals surface area contributed by atoms with E-state index in [0.717, 1.165) is 39.3 Å². The van der Waals surface area contributed by atoms with E-state index < -0.39 is 0 Å². The molecule has 20 heavy (non-hydrogen) atoms. The Kier molecular flexibility index (Phi) is 5.58. The minimum atomic E-state index is -0.178. The van der Waals surface area contributed by atoms with E-state index in [-0.39, 0.29) is 16.9 Å². The van der Waals surface area contributed by atoms with Crippen LogP contribution in [0.2, 0.25) is 5.15 Å². The molecule has 1 aliphatic heterocycles. The summed E-state index contributed by atoms with van der Waals surface area (Å²) in [4.78, 5) is 18.1. The molecule has 3 N–H and O–H groups in total. The average molecular weight is 299 g/mol. The summed E-state index contributed by atoms with van der Waals surface area (Å²) in [6.45, 7) is 5.09. The molecule has 110 valence electrons. The number of aromatic nitrogens is 1. The third-order valence-electron chi connectivity index (χ3n) is 3.12. The number of hydrogen-bond donors (Lipinski definition) is 2. The molecule has 0 radical (unpaired) electrons. The monoisotopic (exact) mass is 298 g/mol. The molecule has 1 amide bonds. The molecule has 2 heterocycles. The summed E-state index contributed by atoms with van der Waals surface area (Å²) in [5.74, 6) is 0.0685. The van der Waals surface area contributed by atoms with Gasteiger partial charge < -0.3 is 15.8 Å². The Morgan fingerprint density at radius 2 is 2.20 bits per heavy atom. The van der Waals surface area contributed by atoms with E-state index in [2.05, 4.69) is 15.2 Å². The maximum atomic E-state index is 11.9. The van der Waals surface area contributed by atoms with Crippen molar-refractivity contribution >= 4 is 23.3 Å². The minimum Gasteiger partial charge on any atom is -0.384 e. The third kappa shape index (κ3) is 4.63. The van der Waals surface area contributed by atoms with Gasteiger partial charge in [0.1, 0.15) is 11.0 Å². The summed E-state index contributed by atoms with van der Waals surface area (Å²) in [5.41, 5.74) is 5.99. The van der Waals surface area contributed by atoms with Crippen LogP contribution in [-0.2, 0) is 4.74 Å². The molecule has 6 nitrogen and oxygen atoms in total. The number of carbonyl (C=O) groups is 1. The predicted molar refractivity (Wildman–Crippen MR) is 77.9 cm³/mol. The topological polar surface area (TPSA) is 80.5 Å². The van der Waals surface area contributed by atoms with Gasteiger partial charge in [0.2, 0.25) is 0 Å². The van der Waals surface area contributed by atoms with Crippen molar-refractivity contribution in [1.29, 1.82) is 0 Å². The number of carbonyl (C=O) groups excluding carboxylic acids is 1. The van der Waals surface area contributed by atoms with Crippen LogP contribution in [-0.4, -0.2) is 55.2 Å². The van der Waals surface area contributed by atoms with Crippen LogP contribution in [0.15, 0.2) is 12.1 Å². The van der Waals surface area contributed by atoms with Gasteiger partial charge in [0.15, 0.2) is 0 Å². The first-order chi connectivity index (χ1) is 9.65. The van der Waals surface area contributed by atoms with Gasteiger partial charge in [0.05, 0.1) is 13.2 Å². The Bertz CT molecular complexity index is 443. The number of nitrogens with zero attached hydrogens (tertiary/aromatic N) is 2. The summed E-state index contributed by atoms with van der Waals surface area (Å²) in [6, 6.07) is 3.03. The van der Waals surface area contributed by atoms with Gasteiger partial charge in [0.25, 0.3) is 5.91 Å². The van der Waals surface area contributed by atoms with Crippen molar-refractivity contribution in [3.05, 3.63) is 22.8 Å². The molecule has 1 aliphatic rings. The fourth-order valence-electron chi connectivity index (χ4n) is 2.08.